The molecule has 0 fully saturated rings. The zero-order valence-corrected chi connectivity index (χ0v) is 22.2. The Hall–Kier alpha value is -4.97. The molecule has 0 bridgehead atoms. The van der Waals surface area contributed by atoms with Gasteiger partial charge >= 0.3 is 12.0 Å². The summed E-state index contributed by atoms with van der Waals surface area (Å²) in [5.74, 6) is -0.685. The van der Waals surface area contributed by atoms with Crippen LogP contribution in [0.15, 0.2) is 75.4 Å². The summed E-state index contributed by atoms with van der Waals surface area (Å²) >= 11 is 6.59. The van der Waals surface area contributed by atoms with Gasteiger partial charge in [-0.1, -0.05) is 17.7 Å². The molecule has 2 aromatic heterocycles. The molecule has 3 heterocycles. The number of fused-ring (bicyclic) bond motifs is 1. The van der Waals surface area contributed by atoms with Crippen molar-refractivity contribution in [2.45, 2.75) is 13.0 Å². The molecular weight excluding hydrogens is 543 g/mol. The van der Waals surface area contributed by atoms with Crippen molar-refractivity contribution in [3.05, 3.63) is 88.0 Å². The highest BCUT2D eigenvalue weighted by Gasteiger charge is 2.31. The number of guanidine groups is 1. The van der Waals surface area contributed by atoms with E-state index in [1.165, 1.54) is 50.7 Å². The molecule has 0 aliphatic carbocycles. The minimum Gasteiger partial charge on any atom is -0.497 e. The van der Waals surface area contributed by atoms with Crippen LogP contribution in [-0.2, 0) is 9.53 Å². The number of esters is 1. The lowest BCUT2D eigenvalue weighted by molar-refractivity contribution is -0.113. The third kappa shape index (κ3) is 5.43. The number of oxazole rings is 1. The number of carbonyl (C=O) groups excluding carboxylic acids is 2. The number of ether oxygens (including phenoxy) is 2. The number of anilines is 2. The van der Waals surface area contributed by atoms with Gasteiger partial charge in [0.1, 0.15) is 28.9 Å². The van der Waals surface area contributed by atoms with Crippen LogP contribution in [0.2, 0.25) is 5.02 Å². The summed E-state index contributed by atoms with van der Waals surface area (Å²) in [6.07, 6.45) is 1.38. The number of pyridine rings is 1. The van der Waals surface area contributed by atoms with Crippen molar-refractivity contribution in [1.82, 2.24) is 15.3 Å². The molecule has 4 aromatic rings. The smallest absolute Gasteiger partial charge is 0.338 e. The zero-order valence-electron chi connectivity index (χ0n) is 21.4. The van der Waals surface area contributed by atoms with E-state index in [0.717, 1.165) is 0 Å². The van der Waals surface area contributed by atoms with E-state index < -0.39 is 23.7 Å². The van der Waals surface area contributed by atoms with Gasteiger partial charge in [-0.3, -0.25) is 10.1 Å². The second-order valence-electron chi connectivity index (χ2n) is 8.56. The molecule has 13 heteroatoms. The molecule has 1 atom stereocenters. The second kappa shape index (κ2) is 11.0. The molecule has 0 spiro atoms. The normalized spacial score (nSPS) is 14.8. The number of nitrogens with zero attached hydrogens (tertiary/aromatic N) is 3. The first kappa shape index (κ1) is 26.6. The molecule has 1 aliphatic heterocycles. The van der Waals surface area contributed by atoms with E-state index in [1.54, 1.807) is 25.1 Å². The van der Waals surface area contributed by atoms with Gasteiger partial charge in [-0.15, -0.1) is 0 Å². The largest absolute Gasteiger partial charge is 0.497 e. The Bertz CT molecular complexity index is 1700. The van der Waals surface area contributed by atoms with E-state index in [4.69, 9.17) is 25.5 Å². The Labute approximate surface area is 232 Å². The Morgan fingerprint density at radius 2 is 1.95 bits per heavy atom. The number of hydrogen-bond donors (Lipinski definition) is 3. The average Bonchev–Trinajstić information content (AvgIpc) is 3.33. The fraction of sp³-hybridized carbons (Fsp3) is 0.148. The number of allylic oxidation sites excluding steroid dienone is 1. The van der Waals surface area contributed by atoms with Gasteiger partial charge in [-0.25, -0.2) is 19.2 Å². The predicted molar refractivity (Wildman–Crippen MR) is 146 cm³/mol. The van der Waals surface area contributed by atoms with Crippen LogP contribution in [0, 0.1) is 5.82 Å². The third-order valence-electron chi connectivity index (χ3n) is 5.99. The molecule has 1 unspecified atom stereocenters. The number of aromatic nitrogens is 2. The zero-order chi connectivity index (χ0) is 28.4. The minimum atomic E-state index is -0.882. The van der Waals surface area contributed by atoms with Crippen LogP contribution < -0.4 is 20.7 Å². The van der Waals surface area contributed by atoms with Crippen LogP contribution in [0.25, 0.3) is 11.1 Å². The summed E-state index contributed by atoms with van der Waals surface area (Å²) < 4.78 is 29.2. The van der Waals surface area contributed by atoms with Crippen molar-refractivity contribution >= 4 is 52.4 Å². The van der Waals surface area contributed by atoms with E-state index in [1.807, 2.05) is 0 Å². The number of methoxy groups -OCH3 is 2. The van der Waals surface area contributed by atoms with Crippen molar-refractivity contribution in [2.75, 3.05) is 24.9 Å². The number of amides is 1. The average molecular weight is 565 g/mol. The molecule has 0 radical (unpaired) electrons. The molecular formula is C27H22ClFN6O5. The maximum absolute atomic E-state index is 13.6. The van der Waals surface area contributed by atoms with Gasteiger partial charge in [-0.2, -0.15) is 4.98 Å². The first-order valence-electron chi connectivity index (χ1n) is 11.8. The Kier molecular flexibility index (Phi) is 7.34. The Balaban J connectivity index is 1.49. The van der Waals surface area contributed by atoms with Gasteiger partial charge in [0.25, 0.3) is 5.91 Å². The summed E-state index contributed by atoms with van der Waals surface area (Å²) in [5, 5.41) is 9.00. The summed E-state index contributed by atoms with van der Waals surface area (Å²) in [7, 11) is 2.77. The fourth-order valence-electron chi connectivity index (χ4n) is 4.10. The number of nitrogens with one attached hydrogen (secondary N) is 3. The van der Waals surface area contributed by atoms with Gasteiger partial charge in [0, 0.05) is 28.5 Å². The molecule has 1 aliphatic rings. The lowest BCUT2D eigenvalue weighted by atomic mass is 9.95. The van der Waals surface area contributed by atoms with Crippen molar-refractivity contribution in [1.29, 1.82) is 0 Å². The van der Waals surface area contributed by atoms with Gasteiger partial charge < -0.3 is 24.5 Å². The standard InChI is InChI=1S/C27H22ClFN6O5/c1-13-22(24(36)33-21-10-14(8-9-30-21)25(37)39-3)23(17-6-5-16(38-2)12-18(17)28)34-26(31-13)35-27-32-19-7-4-15(29)11-20(19)40-27/h4-12,23H,1-3H3,(H,30,33,36)(H2,31,32,34,35). The summed E-state index contributed by atoms with van der Waals surface area (Å²) in [6, 6.07) is 11.1. The monoisotopic (exact) mass is 564 g/mol. The predicted octanol–water partition coefficient (Wildman–Crippen LogP) is 4.84. The van der Waals surface area contributed by atoms with Crippen LogP contribution in [-0.4, -0.2) is 42.0 Å². The number of aliphatic imine (C=N–C) groups is 1. The molecule has 204 valence electrons. The summed E-state index contributed by atoms with van der Waals surface area (Å²) in [5.41, 5.74) is 2.12. The molecule has 0 saturated carbocycles. The number of hydrogen-bond acceptors (Lipinski definition) is 10. The Morgan fingerprint density at radius 3 is 2.70 bits per heavy atom. The number of rotatable bonds is 6. The first-order valence-corrected chi connectivity index (χ1v) is 12.2. The molecule has 1 amide bonds. The maximum atomic E-state index is 13.6. The van der Waals surface area contributed by atoms with E-state index in [2.05, 4.69) is 30.9 Å². The van der Waals surface area contributed by atoms with Crippen molar-refractivity contribution in [3.63, 3.8) is 0 Å². The van der Waals surface area contributed by atoms with E-state index in [0.29, 0.717) is 27.5 Å². The maximum Gasteiger partial charge on any atom is 0.338 e. The molecule has 2 aromatic carbocycles. The highest BCUT2D eigenvalue weighted by molar-refractivity contribution is 6.31. The summed E-state index contributed by atoms with van der Waals surface area (Å²) in [6.45, 7) is 1.69. The SMILES string of the molecule is COC(=O)c1ccnc(NC(=O)C2=C(C)NC(Nc3nc4ccc(F)cc4o3)=NC2c2ccc(OC)cc2Cl)c1. The van der Waals surface area contributed by atoms with Crippen LogP contribution in [0.5, 0.6) is 5.75 Å². The first-order chi connectivity index (χ1) is 19.2. The summed E-state index contributed by atoms with van der Waals surface area (Å²) in [4.78, 5) is 38.6. The third-order valence-corrected chi connectivity index (χ3v) is 6.31. The van der Waals surface area contributed by atoms with E-state index >= 15 is 0 Å². The quantitative estimate of drug-likeness (QED) is 0.281. The second-order valence-corrected chi connectivity index (χ2v) is 8.97. The van der Waals surface area contributed by atoms with Crippen molar-refractivity contribution in [3.8, 4) is 5.75 Å². The van der Waals surface area contributed by atoms with Gasteiger partial charge in [0.15, 0.2) is 5.58 Å². The molecule has 40 heavy (non-hydrogen) atoms. The fourth-order valence-corrected chi connectivity index (χ4v) is 4.37. The topological polar surface area (TPSA) is 140 Å². The van der Waals surface area contributed by atoms with Gasteiger partial charge in [0.05, 0.1) is 25.4 Å². The van der Waals surface area contributed by atoms with Crippen LogP contribution in [0.3, 0.4) is 0 Å². The van der Waals surface area contributed by atoms with Gasteiger partial charge in [-0.05, 0) is 43.3 Å². The highest BCUT2D eigenvalue weighted by Crippen LogP contribution is 2.37. The van der Waals surface area contributed by atoms with Crippen LogP contribution in [0.4, 0.5) is 16.2 Å². The molecule has 3 N–H and O–H groups in total. The van der Waals surface area contributed by atoms with Crippen molar-refractivity contribution in [2.24, 2.45) is 4.99 Å². The number of halogens is 2. The molecule has 0 saturated heterocycles. The minimum absolute atomic E-state index is 0.0657. The number of benzene rings is 2. The highest BCUT2D eigenvalue weighted by atomic mass is 35.5. The van der Waals surface area contributed by atoms with E-state index in [-0.39, 0.29) is 34.5 Å². The molecule has 11 nitrogen and oxygen atoms in total. The molecule has 5 rings (SSSR count). The van der Waals surface area contributed by atoms with Gasteiger partial charge in [0.2, 0.25) is 5.96 Å². The van der Waals surface area contributed by atoms with E-state index in [9.17, 15) is 14.0 Å². The van der Waals surface area contributed by atoms with Crippen molar-refractivity contribution < 1.29 is 27.9 Å². The van der Waals surface area contributed by atoms with Crippen LogP contribution in [0.1, 0.15) is 28.9 Å². The Morgan fingerprint density at radius 1 is 1.12 bits per heavy atom. The lowest BCUT2D eigenvalue weighted by Gasteiger charge is -2.27. The number of carbonyl (C=O) groups is 2. The van der Waals surface area contributed by atoms with Crippen LogP contribution >= 0.6 is 11.6 Å². The lowest BCUT2D eigenvalue weighted by Crippen LogP contribution is -2.37.